The fraction of sp³-hybridized carbons (Fsp3) is 0.467. The lowest BCUT2D eigenvalue weighted by molar-refractivity contribution is 0.244. The third-order valence-corrected chi connectivity index (χ3v) is 3.88. The van der Waals surface area contributed by atoms with Gasteiger partial charge >= 0.3 is 0 Å². The topological polar surface area (TPSA) is 40.3 Å². The zero-order valence-corrected chi connectivity index (χ0v) is 11.4. The van der Waals surface area contributed by atoms with Crippen molar-refractivity contribution in [3.63, 3.8) is 0 Å². The molecule has 1 fully saturated rings. The minimum Gasteiger partial charge on any atom is -0.497 e. The summed E-state index contributed by atoms with van der Waals surface area (Å²) < 4.78 is 5.25. The van der Waals surface area contributed by atoms with E-state index in [0.717, 1.165) is 50.4 Å². The molecule has 0 radical (unpaired) electrons. The van der Waals surface area contributed by atoms with E-state index in [1.165, 1.54) is 10.9 Å². The highest BCUT2D eigenvalue weighted by Crippen LogP contribution is 2.23. The van der Waals surface area contributed by atoms with Gasteiger partial charge in [-0.1, -0.05) is 0 Å². The lowest BCUT2D eigenvalue weighted by atomic mass is 10.1. The maximum absolute atomic E-state index is 5.25. The van der Waals surface area contributed by atoms with Gasteiger partial charge < -0.3 is 19.9 Å². The number of fused-ring (bicyclic) bond motifs is 1. The maximum atomic E-state index is 5.25. The van der Waals surface area contributed by atoms with Crippen molar-refractivity contribution in [1.82, 2.24) is 15.2 Å². The Morgan fingerprint density at radius 1 is 1.26 bits per heavy atom. The number of piperazine rings is 1. The van der Waals surface area contributed by atoms with E-state index < -0.39 is 0 Å². The minimum absolute atomic E-state index is 0.906. The normalized spacial score (nSPS) is 16.9. The van der Waals surface area contributed by atoms with Crippen molar-refractivity contribution in [1.29, 1.82) is 0 Å². The van der Waals surface area contributed by atoms with Crippen LogP contribution in [0.2, 0.25) is 0 Å². The van der Waals surface area contributed by atoms with Crippen LogP contribution in [0.3, 0.4) is 0 Å². The average Bonchev–Trinajstić information content (AvgIpc) is 2.88. The second-order valence-electron chi connectivity index (χ2n) is 5.07. The summed E-state index contributed by atoms with van der Waals surface area (Å²) in [7, 11) is 1.70. The van der Waals surface area contributed by atoms with Gasteiger partial charge in [-0.3, -0.25) is 0 Å². The highest BCUT2D eigenvalue weighted by molar-refractivity contribution is 5.84. The van der Waals surface area contributed by atoms with Gasteiger partial charge in [-0.15, -0.1) is 0 Å². The molecule has 0 saturated carbocycles. The van der Waals surface area contributed by atoms with Gasteiger partial charge in [-0.05, 0) is 24.1 Å². The number of nitrogens with one attached hydrogen (secondary N) is 2. The molecule has 4 nitrogen and oxygen atoms in total. The first-order valence-electron chi connectivity index (χ1n) is 6.94. The fourth-order valence-electron chi connectivity index (χ4n) is 2.71. The maximum Gasteiger partial charge on any atom is 0.120 e. The Balaban J connectivity index is 1.70. The van der Waals surface area contributed by atoms with Crippen LogP contribution in [-0.2, 0) is 6.42 Å². The summed E-state index contributed by atoms with van der Waals surface area (Å²) in [5.41, 5.74) is 2.56. The summed E-state index contributed by atoms with van der Waals surface area (Å²) in [4.78, 5) is 5.87. The van der Waals surface area contributed by atoms with Gasteiger partial charge in [0.05, 0.1) is 7.11 Å². The summed E-state index contributed by atoms with van der Waals surface area (Å²) in [6.45, 7) is 5.70. The average molecular weight is 259 g/mol. The van der Waals surface area contributed by atoms with Crippen LogP contribution in [-0.4, -0.2) is 49.7 Å². The Morgan fingerprint density at radius 2 is 2.11 bits per heavy atom. The largest absolute Gasteiger partial charge is 0.497 e. The Bertz CT molecular complexity index is 543. The number of rotatable bonds is 4. The first-order valence-corrected chi connectivity index (χ1v) is 6.94. The van der Waals surface area contributed by atoms with E-state index in [2.05, 4.69) is 33.5 Å². The number of methoxy groups -OCH3 is 1. The van der Waals surface area contributed by atoms with Crippen molar-refractivity contribution >= 4 is 10.9 Å². The molecule has 2 aromatic rings. The van der Waals surface area contributed by atoms with E-state index in [1.54, 1.807) is 7.11 Å². The molecule has 3 rings (SSSR count). The van der Waals surface area contributed by atoms with Crippen LogP contribution in [0.4, 0.5) is 0 Å². The molecule has 4 heteroatoms. The first kappa shape index (κ1) is 12.5. The molecule has 1 aromatic carbocycles. The monoisotopic (exact) mass is 259 g/mol. The van der Waals surface area contributed by atoms with Gasteiger partial charge in [0.2, 0.25) is 0 Å². The molecule has 0 bridgehead atoms. The lowest BCUT2D eigenvalue weighted by Gasteiger charge is -2.26. The zero-order valence-electron chi connectivity index (χ0n) is 11.4. The summed E-state index contributed by atoms with van der Waals surface area (Å²) in [6.07, 6.45) is 3.23. The lowest BCUT2D eigenvalue weighted by Crippen LogP contribution is -2.44. The smallest absolute Gasteiger partial charge is 0.120 e. The van der Waals surface area contributed by atoms with Gasteiger partial charge in [0, 0.05) is 55.9 Å². The predicted octanol–water partition coefficient (Wildman–Crippen LogP) is 1.62. The van der Waals surface area contributed by atoms with Crippen LogP contribution in [0, 0.1) is 0 Å². The third-order valence-electron chi connectivity index (χ3n) is 3.88. The number of hydrogen-bond acceptors (Lipinski definition) is 3. The molecular formula is C15H21N3O. The standard InChI is InChI=1S/C15H21N3O/c1-19-13-2-3-14-12(11-17-15(14)10-13)4-7-18-8-5-16-6-9-18/h2-3,10-11,16-17H,4-9H2,1H3. The van der Waals surface area contributed by atoms with Crippen LogP contribution in [0.5, 0.6) is 5.75 Å². The Labute approximate surface area is 113 Å². The Kier molecular flexibility index (Phi) is 3.71. The molecule has 2 N–H and O–H groups in total. The highest BCUT2D eigenvalue weighted by Gasteiger charge is 2.11. The van der Waals surface area contributed by atoms with E-state index in [4.69, 9.17) is 4.74 Å². The predicted molar refractivity (Wildman–Crippen MR) is 77.9 cm³/mol. The molecule has 1 aliphatic heterocycles. The van der Waals surface area contributed by atoms with Crippen molar-refractivity contribution in [2.45, 2.75) is 6.42 Å². The van der Waals surface area contributed by atoms with Crippen LogP contribution >= 0.6 is 0 Å². The summed E-state index contributed by atoms with van der Waals surface area (Å²) in [6, 6.07) is 6.24. The summed E-state index contributed by atoms with van der Waals surface area (Å²) in [5, 5.41) is 4.70. The minimum atomic E-state index is 0.906. The highest BCUT2D eigenvalue weighted by atomic mass is 16.5. The molecule has 2 heterocycles. The molecule has 0 aliphatic carbocycles. The zero-order chi connectivity index (χ0) is 13.1. The quantitative estimate of drug-likeness (QED) is 0.876. The molecule has 0 amide bonds. The Morgan fingerprint density at radius 3 is 2.89 bits per heavy atom. The van der Waals surface area contributed by atoms with Crippen LogP contribution in [0.1, 0.15) is 5.56 Å². The molecule has 1 aromatic heterocycles. The second kappa shape index (κ2) is 5.63. The number of ether oxygens (including phenoxy) is 1. The van der Waals surface area contributed by atoms with Gasteiger partial charge in [0.25, 0.3) is 0 Å². The number of aromatic amines is 1. The first-order chi connectivity index (χ1) is 9.36. The van der Waals surface area contributed by atoms with Gasteiger partial charge in [-0.25, -0.2) is 0 Å². The second-order valence-corrected chi connectivity index (χ2v) is 5.07. The van der Waals surface area contributed by atoms with E-state index in [-0.39, 0.29) is 0 Å². The number of nitrogens with zero attached hydrogens (tertiary/aromatic N) is 1. The van der Waals surface area contributed by atoms with E-state index >= 15 is 0 Å². The van der Waals surface area contributed by atoms with Crippen molar-refractivity contribution < 1.29 is 4.74 Å². The van der Waals surface area contributed by atoms with E-state index in [0.29, 0.717) is 0 Å². The van der Waals surface area contributed by atoms with Crippen molar-refractivity contribution in [3.05, 3.63) is 30.0 Å². The van der Waals surface area contributed by atoms with Crippen molar-refractivity contribution in [2.24, 2.45) is 0 Å². The molecule has 102 valence electrons. The molecule has 0 atom stereocenters. The summed E-state index contributed by atoms with van der Waals surface area (Å²) in [5.74, 6) is 0.906. The van der Waals surface area contributed by atoms with E-state index in [9.17, 15) is 0 Å². The van der Waals surface area contributed by atoms with Gasteiger partial charge in [-0.2, -0.15) is 0 Å². The molecule has 0 spiro atoms. The molecule has 1 aliphatic rings. The molecule has 1 saturated heterocycles. The Hall–Kier alpha value is -1.52. The number of benzene rings is 1. The van der Waals surface area contributed by atoms with E-state index in [1.807, 2.05) is 6.07 Å². The SMILES string of the molecule is COc1ccc2c(CCN3CCNCC3)c[nH]c2c1. The number of hydrogen-bond donors (Lipinski definition) is 2. The van der Waals surface area contributed by atoms with Gasteiger partial charge in [0.15, 0.2) is 0 Å². The number of aromatic nitrogens is 1. The van der Waals surface area contributed by atoms with Crippen molar-refractivity contribution in [3.8, 4) is 5.75 Å². The third kappa shape index (κ3) is 2.74. The number of H-pyrrole nitrogens is 1. The van der Waals surface area contributed by atoms with Crippen LogP contribution in [0.15, 0.2) is 24.4 Å². The molecular weight excluding hydrogens is 238 g/mol. The van der Waals surface area contributed by atoms with Crippen LogP contribution in [0.25, 0.3) is 10.9 Å². The molecule has 0 unspecified atom stereocenters. The fourth-order valence-corrected chi connectivity index (χ4v) is 2.71. The van der Waals surface area contributed by atoms with Gasteiger partial charge in [0.1, 0.15) is 5.75 Å². The molecule has 19 heavy (non-hydrogen) atoms. The van der Waals surface area contributed by atoms with Crippen molar-refractivity contribution in [2.75, 3.05) is 39.8 Å². The summed E-state index contributed by atoms with van der Waals surface area (Å²) >= 11 is 0. The van der Waals surface area contributed by atoms with Crippen LogP contribution < -0.4 is 10.1 Å².